The monoisotopic (exact) mass is 390 g/mol. The molecule has 5 nitrogen and oxygen atoms in total. The Morgan fingerprint density at radius 3 is 2.73 bits per heavy atom. The molecule has 134 valence electrons. The van der Waals surface area contributed by atoms with E-state index >= 15 is 0 Å². The molecule has 2 amide bonds. The number of halogens is 1. The van der Waals surface area contributed by atoms with Crippen LogP contribution in [0.4, 0.5) is 10.1 Å². The van der Waals surface area contributed by atoms with E-state index in [9.17, 15) is 19.1 Å². The fourth-order valence-electron chi connectivity index (χ4n) is 2.23. The van der Waals surface area contributed by atoms with Crippen LogP contribution in [-0.2, 0) is 16.1 Å². The first-order valence-electron chi connectivity index (χ1n) is 7.66. The van der Waals surface area contributed by atoms with Gasteiger partial charge >= 0.3 is 11.8 Å². The second-order valence-corrected chi connectivity index (χ2v) is 7.39. The van der Waals surface area contributed by atoms with E-state index in [1.807, 2.05) is 16.8 Å². The molecule has 0 aliphatic heterocycles. The van der Waals surface area contributed by atoms with Gasteiger partial charge < -0.3 is 15.7 Å². The minimum absolute atomic E-state index is 0.163. The SMILES string of the molecule is O=C(NCc1ccc(C(O)c2ccsc2)s1)C(=O)Nc1cccc(F)c1. The second kappa shape index (κ2) is 8.22. The van der Waals surface area contributed by atoms with Crippen molar-refractivity contribution in [3.05, 3.63) is 74.4 Å². The Labute approximate surface area is 157 Å². The Morgan fingerprint density at radius 2 is 2.00 bits per heavy atom. The molecule has 2 aromatic heterocycles. The lowest BCUT2D eigenvalue weighted by Gasteiger charge is -2.06. The van der Waals surface area contributed by atoms with Crippen LogP contribution in [0.3, 0.4) is 0 Å². The van der Waals surface area contributed by atoms with E-state index < -0.39 is 23.7 Å². The van der Waals surface area contributed by atoms with Gasteiger partial charge in [-0.2, -0.15) is 11.3 Å². The van der Waals surface area contributed by atoms with Crippen molar-refractivity contribution < 1.29 is 19.1 Å². The molecule has 0 spiro atoms. The molecule has 1 unspecified atom stereocenters. The van der Waals surface area contributed by atoms with Crippen LogP contribution in [0.15, 0.2) is 53.2 Å². The van der Waals surface area contributed by atoms with Crippen molar-refractivity contribution in [2.75, 3.05) is 5.32 Å². The Morgan fingerprint density at radius 1 is 1.15 bits per heavy atom. The molecule has 26 heavy (non-hydrogen) atoms. The van der Waals surface area contributed by atoms with Crippen LogP contribution in [-0.4, -0.2) is 16.9 Å². The Hall–Kier alpha value is -2.55. The van der Waals surface area contributed by atoms with E-state index in [-0.39, 0.29) is 12.2 Å². The van der Waals surface area contributed by atoms with Crippen LogP contribution in [0.1, 0.15) is 21.4 Å². The number of carbonyl (C=O) groups is 2. The zero-order chi connectivity index (χ0) is 18.5. The van der Waals surface area contributed by atoms with Gasteiger partial charge in [-0.3, -0.25) is 9.59 Å². The van der Waals surface area contributed by atoms with Gasteiger partial charge in [0.15, 0.2) is 0 Å². The van der Waals surface area contributed by atoms with Crippen LogP contribution in [0.25, 0.3) is 0 Å². The van der Waals surface area contributed by atoms with Gasteiger partial charge in [0.05, 0.1) is 6.54 Å². The lowest BCUT2D eigenvalue weighted by atomic mass is 10.2. The van der Waals surface area contributed by atoms with E-state index in [1.165, 1.54) is 40.9 Å². The zero-order valence-corrected chi connectivity index (χ0v) is 15.1. The van der Waals surface area contributed by atoms with Gasteiger partial charge in [-0.05, 0) is 52.7 Å². The van der Waals surface area contributed by atoms with Crippen molar-refractivity contribution >= 4 is 40.2 Å². The standard InChI is InChI=1S/C18H15FN2O3S2/c19-12-2-1-3-13(8-12)21-18(24)17(23)20-9-14-4-5-15(26-14)16(22)11-6-7-25-10-11/h1-8,10,16,22H,9H2,(H,20,23)(H,21,24). The molecule has 3 aromatic rings. The van der Waals surface area contributed by atoms with E-state index in [1.54, 1.807) is 12.1 Å². The number of amides is 2. The van der Waals surface area contributed by atoms with Crippen molar-refractivity contribution in [1.82, 2.24) is 5.32 Å². The van der Waals surface area contributed by atoms with Gasteiger partial charge in [-0.1, -0.05) is 6.07 Å². The van der Waals surface area contributed by atoms with Gasteiger partial charge in [0, 0.05) is 15.4 Å². The molecule has 0 radical (unpaired) electrons. The molecule has 8 heteroatoms. The number of aliphatic hydroxyl groups excluding tert-OH is 1. The lowest BCUT2D eigenvalue weighted by molar-refractivity contribution is -0.136. The molecule has 0 aliphatic carbocycles. The molecule has 3 rings (SSSR count). The maximum atomic E-state index is 13.1. The number of hydrogen-bond donors (Lipinski definition) is 3. The Balaban J connectivity index is 1.54. The summed E-state index contributed by atoms with van der Waals surface area (Å²) in [6.45, 7) is 0.163. The van der Waals surface area contributed by atoms with E-state index in [4.69, 9.17) is 0 Å². The predicted molar refractivity (Wildman–Crippen MR) is 99.6 cm³/mol. The number of hydrogen-bond acceptors (Lipinski definition) is 5. The summed E-state index contributed by atoms with van der Waals surface area (Å²) in [5.41, 5.74) is 1.03. The number of thiophene rings is 2. The minimum Gasteiger partial charge on any atom is -0.383 e. The summed E-state index contributed by atoms with van der Waals surface area (Å²) in [7, 11) is 0. The second-order valence-electron chi connectivity index (χ2n) is 5.41. The molecular weight excluding hydrogens is 375 g/mol. The molecule has 0 fully saturated rings. The maximum Gasteiger partial charge on any atom is 0.313 e. The van der Waals surface area contributed by atoms with E-state index in [2.05, 4.69) is 10.6 Å². The molecule has 1 aromatic carbocycles. The number of aliphatic hydroxyl groups is 1. The van der Waals surface area contributed by atoms with Crippen molar-refractivity contribution in [2.24, 2.45) is 0 Å². The first kappa shape index (κ1) is 18.2. The molecule has 0 aliphatic rings. The van der Waals surface area contributed by atoms with Crippen molar-refractivity contribution in [3.63, 3.8) is 0 Å². The van der Waals surface area contributed by atoms with Gasteiger partial charge in [-0.15, -0.1) is 11.3 Å². The maximum absolute atomic E-state index is 13.1. The largest absolute Gasteiger partial charge is 0.383 e. The van der Waals surface area contributed by atoms with E-state index in [0.29, 0.717) is 0 Å². The van der Waals surface area contributed by atoms with Gasteiger partial charge in [0.1, 0.15) is 11.9 Å². The van der Waals surface area contributed by atoms with Crippen LogP contribution in [0.5, 0.6) is 0 Å². The highest BCUT2D eigenvalue weighted by Crippen LogP contribution is 2.29. The smallest absolute Gasteiger partial charge is 0.313 e. The summed E-state index contributed by atoms with van der Waals surface area (Å²) in [4.78, 5) is 25.3. The summed E-state index contributed by atoms with van der Waals surface area (Å²) in [5.74, 6) is -2.19. The van der Waals surface area contributed by atoms with E-state index in [0.717, 1.165) is 21.4 Å². The number of carbonyl (C=O) groups excluding carboxylic acids is 2. The lowest BCUT2D eigenvalue weighted by Crippen LogP contribution is -2.34. The summed E-state index contributed by atoms with van der Waals surface area (Å²) < 4.78 is 13.1. The van der Waals surface area contributed by atoms with Crippen LogP contribution >= 0.6 is 22.7 Å². The number of nitrogens with one attached hydrogen (secondary N) is 2. The van der Waals surface area contributed by atoms with Crippen LogP contribution < -0.4 is 10.6 Å². The highest BCUT2D eigenvalue weighted by Gasteiger charge is 2.16. The summed E-state index contributed by atoms with van der Waals surface area (Å²) >= 11 is 2.87. The summed E-state index contributed by atoms with van der Waals surface area (Å²) in [5, 5.41) is 18.9. The van der Waals surface area contributed by atoms with Gasteiger partial charge in [0.2, 0.25) is 0 Å². The first-order valence-corrected chi connectivity index (χ1v) is 9.42. The van der Waals surface area contributed by atoms with Crippen molar-refractivity contribution in [2.45, 2.75) is 12.6 Å². The molecule has 0 saturated carbocycles. The highest BCUT2D eigenvalue weighted by molar-refractivity contribution is 7.12. The molecule has 0 bridgehead atoms. The molecule has 3 N–H and O–H groups in total. The Kier molecular flexibility index (Phi) is 5.77. The quantitative estimate of drug-likeness (QED) is 0.585. The first-order chi connectivity index (χ1) is 12.5. The summed E-state index contributed by atoms with van der Waals surface area (Å²) in [6, 6.07) is 10.7. The fourth-order valence-corrected chi connectivity index (χ4v) is 3.88. The third kappa shape index (κ3) is 4.54. The normalized spacial score (nSPS) is 11.8. The van der Waals surface area contributed by atoms with Crippen molar-refractivity contribution in [3.8, 4) is 0 Å². The zero-order valence-electron chi connectivity index (χ0n) is 13.4. The average Bonchev–Trinajstić information content (AvgIpc) is 3.31. The highest BCUT2D eigenvalue weighted by atomic mass is 32.1. The van der Waals surface area contributed by atoms with Gasteiger partial charge in [0.25, 0.3) is 0 Å². The van der Waals surface area contributed by atoms with Crippen LogP contribution in [0, 0.1) is 5.82 Å². The molecular formula is C18H15FN2O3S2. The number of rotatable bonds is 5. The Bertz CT molecular complexity index is 909. The number of benzene rings is 1. The summed E-state index contributed by atoms with van der Waals surface area (Å²) in [6.07, 6.45) is -0.702. The fraction of sp³-hybridized carbons (Fsp3) is 0.111. The third-order valence-corrected chi connectivity index (χ3v) is 5.36. The molecule has 0 saturated heterocycles. The number of anilines is 1. The third-order valence-electron chi connectivity index (χ3n) is 3.52. The topological polar surface area (TPSA) is 78.4 Å². The predicted octanol–water partition coefficient (Wildman–Crippen LogP) is 3.29. The molecule has 2 heterocycles. The van der Waals surface area contributed by atoms with Gasteiger partial charge in [-0.25, -0.2) is 4.39 Å². The molecule has 1 atom stereocenters. The van der Waals surface area contributed by atoms with Crippen LogP contribution in [0.2, 0.25) is 0 Å². The average molecular weight is 390 g/mol. The van der Waals surface area contributed by atoms with Crippen molar-refractivity contribution in [1.29, 1.82) is 0 Å². The minimum atomic E-state index is -0.870.